The minimum Gasteiger partial charge on any atom is -0.481 e. The second-order valence-corrected chi connectivity index (χ2v) is 6.35. The van der Waals surface area contributed by atoms with Crippen molar-refractivity contribution in [2.45, 2.75) is 57.2 Å². The predicted octanol–water partition coefficient (Wildman–Crippen LogP) is 2.49. The van der Waals surface area contributed by atoms with Crippen molar-refractivity contribution < 1.29 is 4.74 Å². The summed E-state index contributed by atoms with van der Waals surface area (Å²) in [5.41, 5.74) is 1.23. The zero-order valence-electron chi connectivity index (χ0n) is 13.0. The van der Waals surface area contributed by atoms with Crippen molar-refractivity contribution in [1.82, 2.24) is 15.6 Å². The molecule has 116 valence electrons. The summed E-state index contributed by atoms with van der Waals surface area (Å²) in [4.78, 5) is 4.28. The van der Waals surface area contributed by atoms with E-state index in [1.807, 2.05) is 12.3 Å². The van der Waals surface area contributed by atoms with Crippen LogP contribution < -0.4 is 15.4 Å². The zero-order chi connectivity index (χ0) is 14.5. The van der Waals surface area contributed by atoms with E-state index in [0.717, 1.165) is 18.5 Å². The van der Waals surface area contributed by atoms with E-state index in [0.29, 0.717) is 11.9 Å². The number of rotatable bonds is 5. The highest BCUT2D eigenvalue weighted by molar-refractivity contribution is 5.17. The normalized spacial score (nSPS) is 29.5. The zero-order valence-corrected chi connectivity index (χ0v) is 13.0. The van der Waals surface area contributed by atoms with Gasteiger partial charge in [-0.15, -0.1) is 0 Å². The number of ether oxygens (including phenoxy) is 1. The van der Waals surface area contributed by atoms with Crippen LogP contribution in [0.3, 0.4) is 0 Å². The van der Waals surface area contributed by atoms with Gasteiger partial charge in [-0.25, -0.2) is 4.98 Å². The van der Waals surface area contributed by atoms with Crippen LogP contribution in [-0.4, -0.2) is 30.7 Å². The monoisotopic (exact) mass is 289 g/mol. The van der Waals surface area contributed by atoms with Crippen molar-refractivity contribution in [3.05, 3.63) is 23.9 Å². The third-order valence-corrected chi connectivity index (χ3v) is 5.01. The Balaban J connectivity index is 1.53. The molecule has 3 rings (SSSR count). The maximum absolute atomic E-state index is 5.10. The Hall–Kier alpha value is -1.13. The molecule has 2 heterocycles. The van der Waals surface area contributed by atoms with Crippen molar-refractivity contribution in [2.24, 2.45) is 5.92 Å². The number of piperidine rings is 1. The third kappa shape index (κ3) is 3.74. The van der Waals surface area contributed by atoms with Gasteiger partial charge in [-0.3, -0.25) is 0 Å². The van der Waals surface area contributed by atoms with Crippen LogP contribution in [0.1, 0.15) is 44.1 Å². The molecule has 4 nitrogen and oxygen atoms in total. The summed E-state index contributed by atoms with van der Waals surface area (Å²) in [6.45, 7) is 2.11. The Morgan fingerprint density at radius 3 is 2.90 bits per heavy atom. The van der Waals surface area contributed by atoms with Gasteiger partial charge in [-0.1, -0.05) is 18.9 Å². The lowest BCUT2D eigenvalue weighted by Crippen LogP contribution is -2.46. The Kier molecular flexibility index (Phi) is 5.09. The van der Waals surface area contributed by atoms with Gasteiger partial charge in [0, 0.05) is 30.9 Å². The Bertz CT molecular complexity index is 428. The maximum Gasteiger partial charge on any atom is 0.212 e. The topological polar surface area (TPSA) is 46.2 Å². The Morgan fingerprint density at radius 1 is 1.24 bits per heavy atom. The second kappa shape index (κ2) is 7.23. The van der Waals surface area contributed by atoms with E-state index in [1.54, 1.807) is 7.11 Å². The lowest BCUT2D eigenvalue weighted by atomic mass is 9.88. The van der Waals surface area contributed by atoms with Crippen LogP contribution in [0, 0.1) is 5.92 Å². The minimum atomic E-state index is 0.655. The summed E-state index contributed by atoms with van der Waals surface area (Å²) >= 11 is 0. The molecule has 1 saturated heterocycles. The second-order valence-electron chi connectivity index (χ2n) is 6.35. The predicted molar refractivity (Wildman–Crippen MR) is 84.4 cm³/mol. The van der Waals surface area contributed by atoms with Crippen LogP contribution in [0.25, 0.3) is 0 Å². The molecule has 3 unspecified atom stereocenters. The van der Waals surface area contributed by atoms with Crippen molar-refractivity contribution in [3.8, 4) is 5.88 Å². The SMILES string of the molecule is COc1ccc(CNC2CCCC2C2CCCCN2)cn1. The van der Waals surface area contributed by atoms with E-state index >= 15 is 0 Å². The quantitative estimate of drug-likeness (QED) is 0.874. The molecule has 0 bridgehead atoms. The van der Waals surface area contributed by atoms with Gasteiger partial charge in [-0.05, 0) is 43.7 Å². The Morgan fingerprint density at radius 2 is 2.19 bits per heavy atom. The molecule has 0 radical (unpaired) electrons. The van der Waals surface area contributed by atoms with Crippen LogP contribution >= 0.6 is 0 Å². The first kappa shape index (κ1) is 14.8. The van der Waals surface area contributed by atoms with E-state index in [1.165, 1.54) is 50.6 Å². The van der Waals surface area contributed by atoms with Gasteiger partial charge < -0.3 is 15.4 Å². The Labute approximate surface area is 127 Å². The van der Waals surface area contributed by atoms with Gasteiger partial charge >= 0.3 is 0 Å². The highest BCUT2D eigenvalue weighted by Gasteiger charge is 2.33. The first-order valence-corrected chi connectivity index (χ1v) is 8.32. The molecule has 21 heavy (non-hydrogen) atoms. The number of aromatic nitrogens is 1. The highest BCUT2D eigenvalue weighted by atomic mass is 16.5. The van der Waals surface area contributed by atoms with Gasteiger partial charge in [0.15, 0.2) is 0 Å². The van der Waals surface area contributed by atoms with Gasteiger partial charge in [0.05, 0.1) is 7.11 Å². The summed E-state index contributed by atoms with van der Waals surface area (Å²) in [5.74, 6) is 1.49. The summed E-state index contributed by atoms with van der Waals surface area (Å²) in [7, 11) is 1.65. The number of methoxy groups -OCH3 is 1. The van der Waals surface area contributed by atoms with Crippen LogP contribution in [0.5, 0.6) is 5.88 Å². The molecule has 2 N–H and O–H groups in total. The number of nitrogens with one attached hydrogen (secondary N) is 2. The molecule has 1 aliphatic heterocycles. The molecule has 2 fully saturated rings. The average molecular weight is 289 g/mol. The van der Waals surface area contributed by atoms with Crippen molar-refractivity contribution in [3.63, 3.8) is 0 Å². The van der Waals surface area contributed by atoms with Gasteiger partial charge in [0.2, 0.25) is 5.88 Å². The number of hydrogen-bond acceptors (Lipinski definition) is 4. The largest absolute Gasteiger partial charge is 0.481 e. The molecule has 0 aromatic carbocycles. The number of pyridine rings is 1. The summed E-state index contributed by atoms with van der Waals surface area (Å²) < 4.78 is 5.10. The van der Waals surface area contributed by atoms with E-state index in [2.05, 4.69) is 21.7 Å². The van der Waals surface area contributed by atoms with Crippen molar-refractivity contribution >= 4 is 0 Å². The average Bonchev–Trinajstić information content (AvgIpc) is 3.03. The molecule has 0 spiro atoms. The maximum atomic E-state index is 5.10. The van der Waals surface area contributed by atoms with E-state index in [-0.39, 0.29) is 0 Å². The molecule has 3 atom stereocenters. The van der Waals surface area contributed by atoms with Crippen molar-refractivity contribution in [2.75, 3.05) is 13.7 Å². The molecule has 1 saturated carbocycles. The molecule has 1 aromatic rings. The van der Waals surface area contributed by atoms with Gasteiger partial charge in [-0.2, -0.15) is 0 Å². The highest BCUT2D eigenvalue weighted by Crippen LogP contribution is 2.31. The summed E-state index contributed by atoms with van der Waals surface area (Å²) in [6, 6.07) is 5.42. The molecule has 1 aromatic heterocycles. The molecular weight excluding hydrogens is 262 g/mol. The van der Waals surface area contributed by atoms with E-state index < -0.39 is 0 Å². The number of nitrogens with zero attached hydrogens (tertiary/aromatic N) is 1. The van der Waals surface area contributed by atoms with E-state index in [9.17, 15) is 0 Å². The van der Waals surface area contributed by atoms with Crippen LogP contribution in [-0.2, 0) is 6.54 Å². The molecule has 4 heteroatoms. The smallest absolute Gasteiger partial charge is 0.212 e. The van der Waals surface area contributed by atoms with Crippen molar-refractivity contribution in [1.29, 1.82) is 0 Å². The van der Waals surface area contributed by atoms with Crippen LogP contribution in [0.15, 0.2) is 18.3 Å². The fraction of sp³-hybridized carbons (Fsp3) is 0.706. The molecular formula is C17H27N3O. The van der Waals surface area contributed by atoms with Gasteiger partial charge in [0.25, 0.3) is 0 Å². The fourth-order valence-electron chi connectivity index (χ4n) is 3.85. The lowest BCUT2D eigenvalue weighted by Gasteiger charge is -2.33. The van der Waals surface area contributed by atoms with Crippen LogP contribution in [0.2, 0.25) is 0 Å². The lowest BCUT2D eigenvalue weighted by molar-refractivity contribution is 0.256. The first-order chi connectivity index (χ1) is 10.4. The minimum absolute atomic E-state index is 0.655. The third-order valence-electron chi connectivity index (χ3n) is 5.01. The fourth-order valence-corrected chi connectivity index (χ4v) is 3.85. The summed E-state index contributed by atoms with van der Waals surface area (Å²) in [5, 5.41) is 7.50. The standard InChI is InChI=1S/C17H27N3O/c1-21-17-9-8-13(12-20-17)11-19-16-7-4-5-14(16)15-6-2-3-10-18-15/h8-9,12,14-16,18-19H,2-7,10-11H2,1H3. The first-order valence-electron chi connectivity index (χ1n) is 8.32. The molecule has 2 aliphatic rings. The summed E-state index contributed by atoms with van der Waals surface area (Å²) in [6.07, 6.45) is 10.0. The number of hydrogen-bond donors (Lipinski definition) is 2. The van der Waals surface area contributed by atoms with Gasteiger partial charge in [0.1, 0.15) is 0 Å². The molecule has 1 aliphatic carbocycles. The van der Waals surface area contributed by atoms with E-state index in [4.69, 9.17) is 4.74 Å². The van der Waals surface area contributed by atoms with Crippen LogP contribution in [0.4, 0.5) is 0 Å². The molecule has 0 amide bonds.